The van der Waals surface area contributed by atoms with Crippen LogP contribution in [0, 0.1) is 0 Å². The maximum atomic E-state index is 4.34. The summed E-state index contributed by atoms with van der Waals surface area (Å²) in [5.41, 5.74) is 0. The van der Waals surface area contributed by atoms with Crippen LogP contribution in [0.2, 0.25) is 0 Å². The first-order valence-corrected chi connectivity index (χ1v) is 5.22. The second-order valence-corrected chi connectivity index (χ2v) is 4.47. The monoisotopic (exact) mass is 173 g/mol. The molecule has 0 saturated heterocycles. The lowest BCUT2D eigenvalue weighted by atomic mass is 9.95. The fourth-order valence-corrected chi connectivity index (χ4v) is 1.75. The molecular formula is C9H19NS. The normalized spacial score (nSPS) is 23.5. The summed E-state index contributed by atoms with van der Waals surface area (Å²) >= 11 is 4.34. The van der Waals surface area contributed by atoms with E-state index >= 15 is 0 Å². The lowest BCUT2D eigenvalue weighted by molar-refractivity contribution is 0.376. The molecule has 1 aliphatic rings. The highest BCUT2D eigenvalue weighted by atomic mass is 32.1. The van der Waals surface area contributed by atoms with Gasteiger partial charge in [-0.25, -0.2) is 0 Å². The molecule has 11 heavy (non-hydrogen) atoms. The van der Waals surface area contributed by atoms with Gasteiger partial charge in [-0.05, 0) is 12.8 Å². The van der Waals surface area contributed by atoms with Crippen LogP contribution < -0.4 is 5.32 Å². The molecule has 0 aromatic carbocycles. The van der Waals surface area contributed by atoms with Crippen molar-refractivity contribution in [2.24, 2.45) is 0 Å². The zero-order valence-corrected chi connectivity index (χ0v) is 8.24. The van der Waals surface area contributed by atoms with Gasteiger partial charge >= 0.3 is 0 Å². The van der Waals surface area contributed by atoms with Crippen LogP contribution in [0.4, 0.5) is 0 Å². The van der Waals surface area contributed by atoms with Crippen molar-refractivity contribution >= 4 is 12.6 Å². The molecule has 2 heteroatoms. The van der Waals surface area contributed by atoms with Gasteiger partial charge in [-0.1, -0.05) is 26.2 Å². The van der Waals surface area contributed by atoms with Crippen molar-refractivity contribution in [2.45, 2.75) is 50.3 Å². The van der Waals surface area contributed by atoms with Crippen LogP contribution in [0.5, 0.6) is 0 Å². The molecule has 1 saturated carbocycles. The Bertz CT molecular complexity index is 97.7. The molecule has 0 bridgehead atoms. The Morgan fingerprint density at radius 2 is 2.00 bits per heavy atom. The molecule has 1 nitrogen and oxygen atoms in total. The number of hydrogen-bond donors (Lipinski definition) is 2. The summed E-state index contributed by atoms with van der Waals surface area (Å²) in [5.74, 6) is 0. The second kappa shape index (κ2) is 5.04. The fraction of sp³-hybridized carbons (Fsp3) is 1.00. The first kappa shape index (κ1) is 9.40. The van der Waals surface area contributed by atoms with E-state index in [-0.39, 0.29) is 0 Å². The summed E-state index contributed by atoms with van der Waals surface area (Å²) < 4.78 is 0. The Morgan fingerprint density at radius 3 is 2.55 bits per heavy atom. The lowest BCUT2D eigenvalue weighted by Crippen LogP contribution is -2.34. The number of rotatable bonds is 3. The van der Waals surface area contributed by atoms with Crippen molar-refractivity contribution in [3.8, 4) is 0 Å². The molecule has 0 heterocycles. The van der Waals surface area contributed by atoms with E-state index < -0.39 is 0 Å². The predicted molar refractivity (Wildman–Crippen MR) is 53.3 cm³/mol. The van der Waals surface area contributed by atoms with Gasteiger partial charge in [-0.3, -0.25) is 0 Å². The zero-order valence-electron chi connectivity index (χ0n) is 7.34. The van der Waals surface area contributed by atoms with Gasteiger partial charge in [-0.2, -0.15) is 12.6 Å². The van der Waals surface area contributed by atoms with Crippen LogP contribution in [-0.2, 0) is 0 Å². The van der Waals surface area contributed by atoms with Gasteiger partial charge in [-0.15, -0.1) is 0 Å². The summed E-state index contributed by atoms with van der Waals surface area (Å²) in [4.78, 5) is 0. The van der Waals surface area contributed by atoms with Gasteiger partial charge in [0, 0.05) is 17.8 Å². The Kier molecular flexibility index (Phi) is 4.31. The van der Waals surface area contributed by atoms with Gasteiger partial charge in [0.2, 0.25) is 0 Å². The van der Waals surface area contributed by atoms with E-state index in [1.54, 1.807) is 0 Å². The molecule has 1 rings (SSSR count). The van der Waals surface area contributed by atoms with Gasteiger partial charge in [0.05, 0.1) is 0 Å². The predicted octanol–water partition coefficient (Wildman–Crippen LogP) is 2.23. The highest BCUT2D eigenvalue weighted by Crippen LogP contribution is 2.17. The van der Waals surface area contributed by atoms with E-state index in [4.69, 9.17) is 0 Å². The largest absolute Gasteiger partial charge is 0.313 e. The summed E-state index contributed by atoms with van der Waals surface area (Å²) in [5, 5.41) is 4.04. The minimum Gasteiger partial charge on any atom is -0.313 e. The van der Waals surface area contributed by atoms with Crippen molar-refractivity contribution < 1.29 is 0 Å². The van der Waals surface area contributed by atoms with Crippen molar-refractivity contribution in [3.05, 3.63) is 0 Å². The molecule has 1 fully saturated rings. The minimum absolute atomic E-state index is 0.497. The third-order valence-electron chi connectivity index (χ3n) is 2.31. The van der Waals surface area contributed by atoms with E-state index in [2.05, 4.69) is 24.9 Å². The van der Waals surface area contributed by atoms with Crippen LogP contribution in [-0.4, -0.2) is 17.8 Å². The summed E-state index contributed by atoms with van der Waals surface area (Å²) in [6, 6.07) is 0.790. The standard InChI is InChI=1S/C9H19NS/c1-8(11)7-10-9-5-3-2-4-6-9/h8-11H,2-7H2,1H3. The van der Waals surface area contributed by atoms with Crippen molar-refractivity contribution in [3.63, 3.8) is 0 Å². The minimum atomic E-state index is 0.497. The third kappa shape index (κ3) is 4.02. The molecule has 0 aliphatic heterocycles. The molecule has 1 atom stereocenters. The first-order valence-electron chi connectivity index (χ1n) is 4.70. The average Bonchev–Trinajstić information content (AvgIpc) is 2.03. The van der Waals surface area contributed by atoms with Crippen LogP contribution >= 0.6 is 12.6 Å². The summed E-state index contributed by atoms with van der Waals surface area (Å²) in [6.45, 7) is 3.20. The average molecular weight is 173 g/mol. The number of nitrogens with one attached hydrogen (secondary N) is 1. The van der Waals surface area contributed by atoms with Gasteiger partial charge < -0.3 is 5.32 Å². The third-order valence-corrected chi connectivity index (χ3v) is 2.49. The second-order valence-electron chi connectivity index (χ2n) is 3.59. The van der Waals surface area contributed by atoms with Crippen molar-refractivity contribution in [2.75, 3.05) is 6.54 Å². The Hall–Kier alpha value is 0.310. The highest BCUT2D eigenvalue weighted by Gasteiger charge is 2.12. The van der Waals surface area contributed by atoms with Crippen molar-refractivity contribution in [1.82, 2.24) is 5.32 Å². The molecule has 1 aliphatic carbocycles. The molecule has 0 aromatic rings. The lowest BCUT2D eigenvalue weighted by Gasteiger charge is -2.23. The molecule has 0 radical (unpaired) electrons. The fourth-order valence-electron chi connectivity index (χ4n) is 1.64. The van der Waals surface area contributed by atoms with Crippen LogP contribution in [0.1, 0.15) is 39.0 Å². The smallest absolute Gasteiger partial charge is 0.0114 e. The molecule has 1 unspecified atom stereocenters. The van der Waals surface area contributed by atoms with Gasteiger partial charge in [0.25, 0.3) is 0 Å². The maximum Gasteiger partial charge on any atom is 0.0114 e. The molecule has 66 valence electrons. The van der Waals surface area contributed by atoms with E-state index in [9.17, 15) is 0 Å². The summed E-state index contributed by atoms with van der Waals surface area (Å²) in [7, 11) is 0. The molecular weight excluding hydrogens is 154 g/mol. The molecule has 0 amide bonds. The highest BCUT2D eigenvalue weighted by molar-refractivity contribution is 7.80. The quantitative estimate of drug-likeness (QED) is 0.624. The van der Waals surface area contributed by atoms with E-state index in [1.165, 1.54) is 32.1 Å². The molecule has 1 N–H and O–H groups in total. The zero-order chi connectivity index (χ0) is 8.10. The first-order chi connectivity index (χ1) is 5.29. The molecule has 0 spiro atoms. The molecule has 0 aromatic heterocycles. The summed E-state index contributed by atoms with van der Waals surface area (Å²) in [6.07, 6.45) is 7.02. The Morgan fingerprint density at radius 1 is 1.36 bits per heavy atom. The Balaban J connectivity index is 2.05. The van der Waals surface area contributed by atoms with Crippen molar-refractivity contribution in [1.29, 1.82) is 0 Å². The SMILES string of the molecule is CC(S)CNC1CCCCC1. The van der Waals surface area contributed by atoms with E-state index in [0.29, 0.717) is 5.25 Å². The Labute approximate surface area is 75.4 Å². The topological polar surface area (TPSA) is 12.0 Å². The number of thiol groups is 1. The van der Waals surface area contributed by atoms with E-state index in [1.807, 2.05) is 0 Å². The van der Waals surface area contributed by atoms with Crippen LogP contribution in [0.3, 0.4) is 0 Å². The van der Waals surface area contributed by atoms with E-state index in [0.717, 1.165) is 12.6 Å². The van der Waals surface area contributed by atoms with Crippen LogP contribution in [0.15, 0.2) is 0 Å². The maximum absolute atomic E-state index is 4.34. The van der Waals surface area contributed by atoms with Gasteiger partial charge in [0.15, 0.2) is 0 Å². The van der Waals surface area contributed by atoms with Crippen LogP contribution in [0.25, 0.3) is 0 Å². The van der Waals surface area contributed by atoms with Gasteiger partial charge in [0.1, 0.15) is 0 Å². The number of hydrogen-bond acceptors (Lipinski definition) is 2.